The van der Waals surface area contributed by atoms with Gasteiger partial charge in [-0.05, 0) is 32.1 Å². The van der Waals surface area contributed by atoms with Gasteiger partial charge in [-0.25, -0.2) is 0 Å². The van der Waals surface area contributed by atoms with Crippen LogP contribution in [0.2, 0.25) is 0 Å². The summed E-state index contributed by atoms with van der Waals surface area (Å²) in [5.41, 5.74) is 1.60. The van der Waals surface area contributed by atoms with E-state index in [-0.39, 0.29) is 0 Å². The summed E-state index contributed by atoms with van der Waals surface area (Å²) in [6, 6.07) is 0. The van der Waals surface area contributed by atoms with E-state index in [1.807, 2.05) is 10.9 Å². The maximum Gasteiger partial charge on any atom is 0.0692 e. The summed E-state index contributed by atoms with van der Waals surface area (Å²) in [6.07, 6.45) is 12.5. The van der Waals surface area contributed by atoms with Crippen molar-refractivity contribution in [3.8, 4) is 0 Å². The zero-order valence-electron chi connectivity index (χ0n) is 7.82. The Morgan fingerprint density at radius 2 is 2.38 bits per heavy atom. The highest BCUT2D eigenvalue weighted by molar-refractivity contribution is 5.04. The van der Waals surface area contributed by atoms with Crippen LogP contribution < -0.4 is 0 Å². The number of nitrogens with zero attached hydrogens (tertiary/aromatic N) is 3. The van der Waals surface area contributed by atoms with Crippen LogP contribution in [0.5, 0.6) is 0 Å². The van der Waals surface area contributed by atoms with E-state index in [0.29, 0.717) is 0 Å². The second kappa shape index (κ2) is 4.21. The Morgan fingerprint density at radius 1 is 1.38 bits per heavy atom. The highest BCUT2D eigenvalue weighted by atomic mass is 15.4. The minimum atomic E-state index is 0.978. The van der Waals surface area contributed by atoms with Crippen molar-refractivity contribution in [2.24, 2.45) is 0 Å². The lowest BCUT2D eigenvalue weighted by atomic mass is 9.97. The molecule has 3 heteroatoms. The molecule has 0 fully saturated rings. The molecule has 0 spiro atoms. The fourth-order valence-electron chi connectivity index (χ4n) is 1.74. The minimum absolute atomic E-state index is 0.978. The molecule has 0 amide bonds. The molecular formula is C10H15N3. The van der Waals surface area contributed by atoms with E-state index >= 15 is 0 Å². The number of aryl methyl sites for hydroxylation is 1. The Kier molecular flexibility index (Phi) is 2.75. The lowest BCUT2D eigenvalue weighted by Crippen LogP contribution is -2.02. The van der Waals surface area contributed by atoms with Crippen molar-refractivity contribution in [2.45, 2.75) is 38.6 Å². The van der Waals surface area contributed by atoms with Crippen LogP contribution in [-0.4, -0.2) is 15.0 Å². The fourth-order valence-corrected chi connectivity index (χ4v) is 1.74. The number of hydrogen-bond donors (Lipinski definition) is 0. The molecule has 1 aliphatic rings. The van der Waals surface area contributed by atoms with E-state index in [0.717, 1.165) is 13.0 Å². The number of allylic oxidation sites excluding steroid dienone is 2. The smallest absolute Gasteiger partial charge is 0.0692 e. The third kappa shape index (κ3) is 2.41. The van der Waals surface area contributed by atoms with Crippen molar-refractivity contribution < 1.29 is 0 Å². The first kappa shape index (κ1) is 8.48. The molecule has 0 radical (unpaired) electrons. The molecule has 0 aromatic carbocycles. The van der Waals surface area contributed by atoms with Crippen molar-refractivity contribution in [3.05, 3.63) is 24.0 Å². The average molecular weight is 177 g/mol. The van der Waals surface area contributed by atoms with Gasteiger partial charge in [0.15, 0.2) is 0 Å². The van der Waals surface area contributed by atoms with E-state index in [4.69, 9.17) is 0 Å². The lowest BCUT2D eigenvalue weighted by Gasteiger charge is -2.11. The molecule has 0 atom stereocenters. The minimum Gasteiger partial charge on any atom is -0.252 e. The molecule has 0 saturated carbocycles. The third-order valence-corrected chi connectivity index (χ3v) is 2.52. The molecule has 3 nitrogen and oxygen atoms in total. The van der Waals surface area contributed by atoms with Crippen LogP contribution in [0.1, 0.15) is 32.1 Å². The van der Waals surface area contributed by atoms with Crippen LogP contribution in [0.4, 0.5) is 0 Å². The number of aromatic nitrogens is 3. The SMILES string of the molecule is C1=C(CCn2ccnn2)CCCC1. The number of rotatable bonds is 3. The van der Waals surface area contributed by atoms with Crippen LogP contribution in [0, 0.1) is 0 Å². The lowest BCUT2D eigenvalue weighted by molar-refractivity contribution is 0.565. The Morgan fingerprint density at radius 3 is 3.08 bits per heavy atom. The summed E-state index contributed by atoms with van der Waals surface area (Å²) < 4.78 is 1.90. The molecule has 70 valence electrons. The quantitative estimate of drug-likeness (QED) is 0.662. The molecule has 1 aliphatic carbocycles. The number of hydrogen-bond acceptors (Lipinski definition) is 2. The van der Waals surface area contributed by atoms with E-state index in [2.05, 4.69) is 16.4 Å². The first-order chi connectivity index (χ1) is 6.45. The first-order valence-corrected chi connectivity index (χ1v) is 4.97. The molecule has 0 unspecified atom stereocenters. The van der Waals surface area contributed by atoms with Gasteiger partial charge >= 0.3 is 0 Å². The average Bonchev–Trinajstić information content (AvgIpc) is 2.69. The molecule has 1 aromatic heterocycles. The zero-order chi connectivity index (χ0) is 8.93. The van der Waals surface area contributed by atoms with Crippen LogP contribution in [0.25, 0.3) is 0 Å². The first-order valence-electron chi connectivity index (χ1n) is 4.97. The summed E-state index contributed by atoms with van der Waals surface area (Å²) >= 11 is 0. The van der Waals surface area contributed by atoms with Gasteiger partial charge in [-0.15, -0.1) is 5.10 Å². The zero-order valence-corrected chi connectivity index (χ0v) is 7.82. The maximum atomic E-state index is 3.94. The molecule has 2 rings (SSSR count). The van der Waals surface area contributed by atoms with Gasteiger partial charge in [-0.2, -0.15) is 0 Å². The van der Waals surface area contributed by atoms with Crippen molar-refractivity contribution in [2.75, 3.05) is 0 Å². The Bertz CT molecular complexity index is 274. The third-order valence-electron chi connectivity index (χ3n) is 2.52. The Hall–Kier alpha value is -1.12. The second-order valence-electron chi connectivity index (χ2n) is 3.52. The molecule has 0 aliphatic heterocycles. The molecular weight excluding hydrogens is 162 g/mol. The topological polar surface area (TPSA) is 30.7 Å². The Balaban J connectivity index is 1.82. The summed E-state index contributed by atoms with van der Waals surface area (Å²) in [4.78, 5) is 0. The predicted molar refractivity (Wildman–Crippen MR) is 51.2 cm³/mol. The van der Waals surface area contributed by atoms with E-state index in [1.165, 1.54) is 25.7 Å². The highest BCUT2D eigenvalue weighted by Gasteiger charge is 2.03. The fraction of sp³-hybridized carbons (Fsp3) is 0.600. The van der Waals surface area contributed by atoms with Gasteiger partial charge in [-0.3, -0.25) is 4.68 Å². The normalized spacial score (nSPS) is 17.1. The summed E-state index contributed by atoms with van der Waals surface area (Å²) in [6.45, 7) is 0.978. The van der Waals surface area contributed by atoms with Crippen LogP contribution in [-0.2, 0) is 6.54 Å². The van der Waals surface area contributed by atoms with E-state index < -0.39 is 0 Å². The van der Waals surface area contributed by atoms with Crippen LogP contribution in [0.3, 0.4) is 0 Å². The molecule has 0 saturated heterocycles. The molecule has 1 heterocycles. The standard InChI is InChI=1S/C10H15N3/c1-2-4-10(5-3-1)6-8-13-9-7-11-12-13/h4,7,9H,1-3,5-6,8H2. The van der Waals surface area contributed by atoms with Gasteiger partial charge in [0.2, 0.25) is 0 Å². The molecule has 0 N–H and O–H groups in total. The van der Waals surface area contributed by atoms with Gasteiger partial charge < -0.3 is 0 Å². The van der Waals surface area contributed by atoms with Crippen LogP contribution in [0.15, 0.2) is 24.0 Å². The van der Waals surface area contributed by atoms with Gasteiger partial charge in [-0.1, -0.05) is 16.9 Å². The molecule has 1 aromatic rings. The second-order valence-corrected chi connectivity index (χ2v) is 3.52. The van der Waals surface area contributed by atoms with Crippen molar-refractivity contribution >= 4 is 0 Å². The van der Waals surface area contributed by atoms with E-state index in [1.54, 1.807) is 11.8 Å². The maximum absolute atomic E-state index is 3.94. The van der Waals surface area contributed by atoms with Gasteiger partial charge in [0.25, 0.3) is 0 Å². The van der Waals surface area contributed by atoms with Crippen molar-refractivity contribution in [1.82, 2.24) is 15.0 Å². The van der Waals surface area contributed by atoms with Gasteiger partial charge in [0.05, 0.1) is 6.20 Å². The van der Waals surface area contributed by atoms with E-state index in [9.17, 15) is 0 Å². The van der Waals surface area contributed by atoms with Crippen molar-refractivity contribution in [3.63, 3.8) is 0 Å². The summed E-state index contributed by atoms with van der Waals surface area (Å²) in [5.74, 6) is 0. The summed E-state index contributed by atoms with van der Waals surface area (Å²) in [5, 5.41) is 7.72. The van der Waals surface area contributed by atoms with Gasteiger partial charge in [0.1, 0.15) is 0 Å². The van der Waals surface area contributed by atoms with Crippen LogP contribution >= 0.6 is 0 Å². The molecule has 0 bridgehead atoms. The monoisotopic (exact) mass is 177 g/mol. The Labute approximate surface area is 78.5 Å². The van der Waals surface area contributed by atoms with Crippen molar-refractivity contribution in [1.29, 1.82) is 0 Å². The largest absolute Gasteiger partial charge is 0.252 e. The predicted octanol–water partition coefficient (Wildman–Crippen LogP) is 2.17. The highest BCUT2D eigenvalue weighted by Crippen LogP contribution is 2.20. The molecule has 13 heavy (non-hydrogen) atoms. The summed E-state index contributed by atoms with van der Waals surface area (Å²) in [7, 11) is 0. The van der Waals surface area contributed by atoms with Gasteiger partial charge in [0, 0.05) is 12.7 Å².